The van der Waals surface area contributed by atoms with E-state index < -0.39 is 0 Å². The van der Waals surface area contributed by atoms with Gasteiger partial charge in [-0.3, -0.25) is 0 Å². The first-order valence-electron chi connectivity index (χ1n) is 9.92. The minimum Gasteiger partial charge on any atom is -0.508 e. The predicted octanol–water partition coefficient (Wildman–Crippen LogP) is 3.63. The summed E-state index contributed by atoms with van der Waals surface area (Å²) in [5, 5.41) is 11.0. The lowest BCUT2D eigenvalue weighted by molar-refractivity contribution is 0.265. The van der Waals surface area contributed by atoms with E-state index in [4.69, 9.17) is 0 Å². The lowest BCUT2D eigenvalue weighted by Gasteiger charge is -2.30. The Morgan fingerprint density at radius 3 is 2.89 bits per heavy atom. The van der Waals surface area contributed by atoms with Crippen LogP contribution in [0.1, 0.15) is 31.0 Å². The highest BCUT2D eigenvalue weighted by atomic mass is 16.3. The molecule has 0 radical (unpaired) electrons. The largest absolute Gasteiger partial charge is 0.508 e. The monoisotopic (exact) mass is 366 g/mol. The van der Waals surface area contributed by atoms with Crippen LogP contribution in [0.15, 0.2) is 42.9 Å². The van der Waals surface area contributed by atoms with Crippen molar-refractivity contribution in [2.45, 2.75) is 38.8 Å². The van der Waals surface area contributed by atoms with Gasteiger partial charge in [-0.05, 0) is 56.7 Å². The molecule has 2 aliphatic rings. The zero-order chi connectivity index (χ0) is 19.1. The van der Waals surface area contributed by atoms with E-state index in [1.165, 1.54) is 17.7 Å². The molecule has 5 nitrogen and oxygen atoms in total. The van der Waals surface area contributed by atoms with Crippen LogP contribution in [0.3, 0.4) is 0 Å². The molecule has 3 heterocycles. The number of aromatic hydroxyl groups is 1. The maximum absolute atomic E-state index is 9.89. The maximum atomic E-state index is 9.89. The molecule has 1 fully saturated rings. The average molecular weight is 367 g/mol. The number of H-pyrrole nitrogens is 1. The van der Waals surface area contributed by atoms with Crippen LogP contribution in [0.25, 0.3) is 10.9 Å². The van der Waals surface area contributed by atoms with Crippen LogP contribution < -0.4 is 0 Å². The van der Waals surface area contributed by atoms with Gasteiger partial charge in [0.15, 0.2) is 0 Å². The van der Waals surface area contributed by atoms with Crippen molar-refractivity contribution in [2.75, 3.05) is 26.7 Å². The Balaban J connectivity index is 1.50. The van der Waals surface area contributed by atoms with Gasteiger partial charge in [0.2, 0.25) is 0 Å². The molecular formula is C22H30N4O. The van der Waals surface area contributed by atoms with E-state index in [2.05, 4.69) is 46.8 Å². The zero-order valence-corrected chi connectivity index (χ0v) is 16.5. The first-order chi connectivity index (χ1) is 13.0. The molecule has 0 aliphatic carbocycles. The zero-order valence-electron chi connectivity index (χ0n) is 16.5. The highest BCUT2D eigenvalue weighted by Gasteiger charge is 2.40. The molecular weight excluding hydrogens is 336 g/mol. The van der Waals surface area contributed by atoms with Crippen LogP contribution in [0, 0.1) is 0 Å². The molecule has 144 valence electrons. The second kappa shape index (κ2) is 6.97. The molecule has 5 heteroatoms. The van der Waals surface area contributed by atoms with Gasteiger partial charge in [0.1, 0.15) is 11.6 Å². The fourth-order valence-corrected chi connectivity index (χ4v) is 4.58. The highest BCUT2D eigenvalue weighted by molar-refractivity contribution is 5.86. The summed E-state index contributed by atoms with van der Waals surface area (Å²) in [5.41, 5.74) is 4.77. The standard InChI is InChI=1S/C22H30N4O/c1-5-9-24(4)10-6-11-25-15(2)22-13-19-18-12-17(27)7-8-20(18)23-21(19)14-26(22)16(25)3/h7-8,12,22-23,27H,2-3,5-6,9-11,13-14H2,1,4H3/t22-/m0/s1. The first kappa shape index (κ1) is 18.0. The SMILES string of the molecule is C=C1[C@@H]2Cc3c([nH]c4ccc(O)cc34)CN2C(=C)N1CCCN(C)CCC. The Morgan fingerprint density at radius 1 is 1.30 bits per heavy atom. The van der Waals surface area contributed by atoms with E-state index >= 15 is 0 Å². The molecule has 0 unspecified atom stereocenters. The maximum Gasteiger partial charge on any atom is 0.116 e. The minimum absolute atomic E-state index is 0.264. The van der Waals surface area contributed by atoms with Crippen LogP contribution in [0.2, 0.25) is 0 Å². The van der Waals surface area contributed by atoms with Gasteiger partial charge in [-0.2, -0.15) is 0 Å². The Labute approximate surface area is 161 Å². The number of aromatic amines is 1. The molecule has 27 heavy (non-hydrogen) atoms. The fraction of sp³-hybridized carbons (Fsp3) is 0.455. The Bertz CT molecular complexity index is 884. The van der Waals surface area contributed by atoms with Crippen molar-refractivity contribution >= 4 is 10.9 Å². The summed E-state index contributed by atoms with van der Waals surface area (Å²) in [4.78, 5) is 10.6. The first-order valence-corrected chi connectivity index (χ1v) is 9.92. The normalized spacial score (nSPS) is 19.3. The van der Waals surface area contributed by atoms with Gasteiger partial charge >= 0.3 is 0 Å². The molecule has 1 aromatic heterocycles. The van der Waals surface area contributed by atoms with Crippen LogP contribution in [-0.2, 0) is 13.0 Å². The number of hydrogen-bond acceptors (Lipinski definition) is 4. The number of nitrogens with one attached hydrogen (secondary N) is 1. The second-order valence-electron chi connectivity index (χ2n) is 7.88. The molecule has 1 atom stereocenters. The summed E-state index contributed by atoms with van der Waals surface area (Å²) in [6.07, 6.45) is 3.21. The van der Waals surface area contributed by atoms with Crippen molar-refractivity contribution in [3.63, 3.8) is 0 Å². The van der Waals surface area contributed by atoms with Gasteiger partial charge in [0, 0.05) is 35.3 Å². The molecule has 2 aliphatic heterocycles. The van der Waals surface area contributed by atoms with E-state index in [9.17, 15) is 5.11 Å². The van der Waals surface area contributed by atoms with E-state index in [0.717, 1.165) is 61.4 Å². The molecule has 2 N–H and O–H groups in total. The summed E-state index contributed by atoms with van der Waals surface area (Å²) in [6, 6.07) is 5.82. The molecule has 1 aromatic carbocycles. The fourth-order valence-electron chi connectivity index (χ4n) is 4.58. The Hall–Kier alpha value is -2.40. The average Bonchev–Trinajstić information content (AvgIpc) is 3.10. The lowest BCUT2D eigenvalue weighted by Crippen LogP contribution is -2.34. The number of phenols is 1. The third-order valence-corrected chi connectivity index (χ3v) is 5.98. The van der Waals surface area contributed by atoms with Gasteiger partial charge in [-0.1, -0.05) is 20.1 Å². The number of hydrogen-bond donors (Lipinski definition) is 2. The second-order valence-corrected chi connectivity index (χ2v) is 7.88. The molecule has 0 amide bonds. The van der Waals surface area contributed by atoms with E-state index in [-0.39, 0.29) is 6.04 Å². The van der Waals surface area contributed by atoms with Gasteiger partial charge in [-0.15, -0.1) is 0 Å². The van der Waals surface area contributed by atoms with E-state index in [0.29, 0.717) is 5.75 Å². The van der Waals surface area contributed by atoms with Crippen molar-refractivity contribution in [3.8, 4) is 5.75 Å². The topological polar surface area (TPSA) is 45.7 Å². The number of nitrogens with zero attached hydrogens (tertiary/aromatic N) is 3. The quantitative estimate of drug-likeness (QED) is 0.819. The van der Waals surface area contributed by atoms with Gasteiger partial charge in [0.25, 0.3) is 0 Å². The molecule has 0 saturated carbocycles. The number of rotatable bonds is 6. The molecule has 0 bridgehead atoms. The summed E-state index contributed by atoms with van der Waals surface area (Å²) >= 11 is 0. The number of fused-ring (bicyclic) bond motifs is 4. The van der Waals surface area contributed by atoms with Gasteiger partial charge in [0.05, 0.1) is 12.6 Å². The van der Waals surface area contributed by atoms with Crippen molar-refractivity contribution in [2.24, 2.45) is 0 Å². The van der Waals surface area contributed by atoms with Crippen molar-refractivity contribution in [1.29, 1.82) is 0 Å². The van der Waals surface area contributed by atoms with Crippen molar-refractivity contribution < 1.29 is 5.11 Å². The number of benzene rings is 1. The van der Waals surface area contributed by atoms with Crippen LogP contribution >= 0.6 is 0 Å². The van der Waals surface area contributed by atoms with E-state index in [1.807, 2.05) is 12.1 Å². The smallest absolute Gasteiger partial charge is 0.116 e. The van der Waals surface area contributed by atoms with Crippen molar-refractivity contribution in [3.05, 3.63) is 54.1 Å². The van der Waals surface area contributed by atoms with Gasteiger partial charge < -0.3 is 24.8 Å². The third-order valence-electron chi connectivity index (χ3n) is 5.98. The van der Waals surface area contributed by atoms with E-state index in [1.54, 1.807) is 6.07 Å². The summed E-state index contributed by atoms with van der Waals surface area (Å²) in [7, 11) is 2.19. The molecule has 1 saturated heterocycles. The molecule has 2 aromatic rings. The highest BCUT2D eigenvalue weighted by Crippen LogP contribution is 2.41. The van der Waals surface area contributed by atoms with Crippen LogP contribution in [-0.4, -0.2) is 57.5 Å². The Kier molecular flexibility index (Phi) is 4.64. The van der Waals surface area contributed by atoms with Crippen LogP contribution in [0.5, 0.6) is 5.75 Å². The Morgan fingerprint density at radius 2 is 2.11 bits per heavy atom. The minimum atomic E-state index is 0.264. The predicted molar refractivity (Wildman–Crippen MR) is 110 cm³/mol. The van der Waals surface area contributed by atoms with Crippen molar-refractivity contribution in [1.82, 2.24) is 19.7 Å². The number of aromatic nitrogens is 1. The summed E-state index contributed by atoms with van der Waals surface area (Å²) in [6.45, 7) is 15.0. The molecule has 0 spiro atoms. The molecule has 4 rings (SSSR count). The lowest BCUT2D eigenvalue weighted by atomic mass is 9.96. The number of phenolic OH excluding ortho intramolecular Hbond substituents is 1. The summed E-state index contributed by atoms with van der Waals surface area (Å²) < 4.78 is 0. The summed E-state index contributed by atoms with van der Waals surface area (Å²) in [5.74, 6) is 1.38. The van der Waals surface area contributed by atoms with Crippen LogP contribution in [0.4, 0.5) is 0 Å². The van der Waals surface area contributed by atoms with Gasteiger partial charge in [-0.25, -0.2) is 0 Å². The third kappa shape index (κ3) is 3.10.